The first kappa shape index (κ1) is 14.1. The summed E-state index contributed by atoms with van der Waals surface area (Å²) in [5, 5.41) is 8.93. The lowest BCUT2D eigenvalue weighted by molar-refractivity contribution is -0.141. The molecule has 0 heterocycles. The average molecular weight is 270 g/mol. The molecule has 1 unspecified atom stereocenters. The van der Waals surface area contributed by atoms with Crippen LogP contribution in [-0.4, -0.2) is 11.1 Å². The van der Waals surface area contributed by atoms with Crippen molar-refractivity contribution in [3.05, 3.63) is 65.7 Å². The van der Waals surface area contributed by atoms with E-state index in [1.165, 1.54) is 0 Å². The van der Waals surface area contributed by atoms with Crippen LogP contribution in [0.15, 0.2) is 54.6 Å². The third kappa shape index (κ3) is 4.12. The molecule has 1 atom stereocenters. The second-order valence-electron chi connectivity index (χ2n) is 4.87. The summed E-state index contributed by atoms with van der Waals surface area (Å²) in [6.45, 7) is 2.22. The molecule has 0 amide bonds. The molecule has 0 radical (unpaired) electrons. The van der Waals surface area contributed by atoms with Gasteiger partial charge >= 0.3 is 5.97 Å². The van der Waals surface area contributed by atoms with E-state index in [9.17, 15) is 4.79 Å². The van der Waals surface area contributed by atoms with E-state index in [0.717, 1.165) is 16.9 Å². The van der Waals surface area contributed by atoms with Crippen molar-refractivity contribution in [3.8, 4) is 5.75 Å². The summed E-state index contributed by atoms with van der Waals surface area (Å²) in [7, 11) is 0. The number of ether oxygens (including phenoxy) is 1. The van der Waals surface area contributed by atoms with Gasteiger partial charge in [0.25, 0.3) is 0 Å². The maximum atomic E-state index is 10.9. The Morgan fingerprint density at radius 2 is 1.80 bits per heavy atom. The second kappa shape index (κ2) is 6.75. The van der Waals surface area contributed by atoms with Crippen molar-refractivity contribution in [2.45, 2.75) is 20.0 Å². The highest BCUT2D eigenvalue weighted by Gasteiger charge is 2.11. The van der Waals surface area contributed by atoms with E-state index in [4.69, 9.17) is 9.84 Å². The van der Waals surface area contributed by atoms with Crippen LogP contribution in [0, 0.1) is 5.92 Å². The number of benzene rings is 2. The van der Waals surface area contributed by atoms with E-state index in [2.05, 4.69) is 0 Å². The molecule has 0 spiro atoms. The van der Waals surface area contributed by atoms with Gasteiger partial charge in [0, 0.05) is 0 Å². The molecule has 104 valence electrons. The molecular formula is C17H18O3. The van der Waals surface area contributed by atoms with Gasteiger partial charge in [0.05, 0.1) is 5.92 Å². The predicted molar refractivity (Wildman–Crippen MR) is 77.7 cm³/mol. The number of hydrogen-bond donors (Lipinski definition) is 1. The van der Waals surface area contributed by atoms with E-state index in [-0.39, 0.29) is 5.92 Å². The van der Waals surface area contributed by atoms with Gasteiger partial charge < -0.3 is 9.84 Å². The minimum Gasteiger partial charge on any atom is -0.489 e. The summed E-state index contributed by atoms with van der Waals surface area (Å²) in [6, 6.07) is 17.6. The fourth-order valence-corrected chi connectivity index (χ4v) is 1.94. The Morgan fingerprint density at radius 1 is 1.10 bits per heavy atom. The maximum Gasteiger partial charge on any atom is 0.306 e. The van der Waals surface area contributed by atoms with Crippen LogP contribution in [0.1, 0.15) is 18.1 Å². The van der Waals surface area contributed by atoms with Gasteiger partial charge in [-0.3, -0.25) is 4.79 Å². The lowest BCUT2D eigenvalue weighted by Gasteiger charge is -2.10. The number of rotatable bonds is 6. The summed E-state index contributed by atoms with van der Waals surface area (Å²) >= 11 is 0. The van der Waals surface area contributed by atoms with E-state index >= 15 is 0 Å². The van der Waals surface area contributed by atoms with Crippen LogP contribution < -0.4 is 4.74 Å². The lowest BCUT2D eigenvalue weighted by Crippen LogP contribution is -2.12. The zero-order valence-electron chi connectivity index (χ0n) is 11.5. The molecule has 2 rings (SSSR count). The third-order valence-electron chi connectivity index (χ3n) is 3.11. The number of carboxylic acid groups (broad SMARTS) is 1. The van der Waals surface area contributed by atoms with E-state index in [1.54, 1.807) is 6.92 Å². The van der Waals surface area contributed by atoms with Gasteiger partial charge in [-0.15, -0.1) is 0 Å². The monoisotopic (exact) mass is 270 g/mol. The fourth-order valence-electron chi connectivity index (χ4n) is 1.94. The minimum absolute atomic E-state index is 0.389. The first-order valence-electron chi connectivity index (χ1n) is 6.63. The Labute approximate surface area is 118 Å². The van der Waals surface area contributed by atoms with Gasteiger partial charge in [0.15, 0.2) is 0 Å². The van der Waals surface area contributed by atoms with E-state index in [0.29, 0.717) is 13.0 Å². The van der Waals surface area contributed by atoms with Crippen LogP contribution in [0.2, 0.25) is 0 Å². The molecule has 0 fully saturated rings. The lowest BCUT2D eigenvalue weighted by atomic mass is 10.0. The van der Waals surface area contributed by atoms with Gasteiger partial charge in [-0.25, -0.2) is 0 Å². The van der Waals surface area contributed by atoms with Crippen LogP contribution in [0.25, 0.3) is 0 Å². The smallest absolute Gasteiger partial charge is 0.306 e. The highest BCUT2D eigenvalue weighted by molar-refractivity contribution is 5.69. The predicted octanol–water partition coefficient (Wildman–Crippen LogP) is 3.53. The Hall–Kier alpha value is -2.29. The number of hydrogen-bond acceptors (Lipinski definition) is 2. The highest BCUT2D eigenvalue weighted by Crippen LogP contribution is 2.17. The third-order valence-corrected chi connectivity index (χ3v) is 3.11. The molecule has 0 aliphatic carbocycles. The number of aliphatic carboxylic acids is 1. The number of carboxylic acids is 1. The fraction of sp³-hybridized carbons (Fsp3) is 0.235. The summed E-state index contributed by atoms with van der Waals surface area (Å²) in [5.74, 6) is -0.399. The Morgan fingerprint density at radius 3 is 2.50 bits per heavy atom. The molecule has 3 nitrogen and oxygen atoms in total. The zero-order chi connectivity index (χ0) is 14.4. The average Bonchev–Trinajstić information content (AvgIpc) is 2.46. The summed E-state index contributed by atoms with van der Waals surface area (Å²) in [6.07, 6.45) is 0.512. The molecular weight excluding hydrogens is 252 g/mol. The van der Waals surface area contributed by atoms with Crippen LogP contribution in [0.3, 0.4) is 0 Å². The van der Waals surface area contributed by atoms with Crippen molar-refractivity contribution in [3.63, 3.8) is 0 Å². The van der Waals surface area contributed by atoms with Crippen molar-refractivity contribution in [1.29, 1.82) is 0 Å². The molecule has 2 aromatic rings. The topological polar surface area (TPSA) is 46.5 Å². The molecule has 20 heavy (non-hydrogen) atoms. The maximum absolute atomic E-state index is 10.9. The van der Waals surface area contributed by atoms with Crippen LogP contribution in [0.5, 0.6) is 5.75 Å². The molecule has 0 saturated heterocycles. The van der Waals surface area contributed by atoms with E-state index in [1.807, 2.05) is 54.6 Å². The van der Waals surface area contributed by atoms with Gasteiger partial charge in [-0.1, -0.05) is 49.4 Å². The van der Waals surface area contributed by atoms with Gasteiger partial charge in [-0.2, -0.15) is 0 Å². The summed E-state index contributed by atoms with van der Waals surface area (Å²) in [5.41, 5.74) is 2.09. The largest absolute Gasteiger partial charge is 0.489 e. The molecule has 0 saturated carbocycles. The SMILES string of the molecule is CC(Cc1cccc(OCc2ccccc2)c1)C(=O)O. The molecule has 1 N–H and O–H groups in total. The Kier molecular flexibility index (Phi) is 4.77. The quantitative estimate of drug-likeness (QED) is 0.873. The Bertz CT molecular complexity index is 563. The van der Waals surface area contributed by atoms with Crippen LogP contribution in [-0.2, 0) is 17.8 Å². The zero-order valence-corrected chi connectivity index (χ0v) is 11.5. The van der Waals surface area contributed by atoms with Crippen molar-refractivity contribution >= 4 is 5.97 Å². The summed E-state index contributed by atoms with van der Waals surface area (Å²) < 4.78 is 5.73. The normalized spacial score (nSPS) is 11.8. The molecule has 0 aliphatic heterocycles. The molecule has 2 aromatic carbocycles. The number of carbonyl (C=O) groups is 1. The molecule has 0 aliphatic rings. The van der Waals surface area contributed by atoms with Crippen LogP contribution in [0.4, 0.5) is 0 Å². The van der Waals surface area contributed by atoms with Crippen molar-refractivity contribution in [2.24, 2.45) is 5.92 Å². The van der Waals surface area contributed by atoms with Gasteiger partial charge in [0.1, 0.15) is 12.4 Å². The van der Waals surface area contributed by atoms with Crippen LogP contribution >= 0.6 is 0 Å². The van der Waals surface area contributed by atoms with E-state index < -0.39 is 5.97 Å². The highest BCUT2D eigenvalue weighted by atomic mass is 16.5. The standard InChI is InChI=1S/C17H18O3/c1-13(17(18)19)10-15-8-5-9-16(11-15)20-12-14-6-3-2-4-7-14/h2-9,11,13H,10,12H2,1H3,(H,18,19). The van der Waals surface area contributed by atoms with Gasteiger partial charge in [0.2, 0.25) is 0 Å². The molecule has 0 aromatic heterocycles. The van der Waals surface area contributed by atoms with Crippen molar-refractivity contribution < 1.29 is 14.6 Å². The first-order valence-corrected chi connectivity index (χ1v) is 6.63. The second-order valence-corrected chi connectivity index (χ2v) is 4.87. The Balaban J connectivity index is 1.97. The van der Waals surface area contributed by atoms with Gasteiger partial charge in [-0.05, 0) is 29.7 Å². The summed E-state index contributed by atoms with van der Waals surface area (Å²) in [4.78, 5) is 10.9. The molecule has 3 heteroatoms. The first-order chi connectivity index (χ1) is 9.65. The van der Waals surface area contributed by atoms with Crippen molar-refractivity contribution in [1.82, 2.24) is 0 Å². The minimum atomic E-state index is -0.777. The molecule has 0 bridgehead atoms. The van der Waals surface area contributed by atoms with Crippen molar-refractivity contribution in [2.75, 3.05) is 0 Å².